The normalized spacial score (nSPS) is 20.5. The summed E-state index contributed by atoms with van der Waals surface area (Å²) >= 11 is 0. The number of amides is 1. The van der Waals surface area contributed by atoms with E-state index in [1.165, 1.54) is 6.07 Å². The van der Waals surface area contributed by atoms with Crippen molar-refractivity contribution in [2.45, 2.75) is 38.3 Å². The predicted octanol–water partition coefficient (Wildman–Crippen LogP) is 2.66. The maximum atomic E-state index is 13.2. The van der Waals surface area contributed by atoms with Crippen LogP contribution in [0.15, 0.2) is 24.3 Å². The van der Waals surface area contributed by atoms with Crippen LogP contribution in [-0.2, 0) is 11.3 Å². The molecule has 0 atom stereocenters. The van der Waals surface area contributed by atoms with Gasteiger partial charge >= 0.3 is 0 Å². The Bertz CT molecular complexity index is 507. The lowest BCUT2D eigenvalue weighted by atomic mass is 10.0. The number of carbonyl (C=O) groups excluding carboxylic acids is 1. The Hall–Kier alpha value is -1.42. The van der Waals surface area contributed by atoms with Crippen LogP contribution in [0.3, 0.4) is 0 Å². The van der Waals surface area contributed by atoms with Crippen molar-refractivity contribution in [1.82, 2.24) is 9.80 Å². The minimum absolute atomic E-state index is 0.169. The Morgan fingerprint density at radius 2 is 2.00 bits per heavy atom. The molecule has 0 radical (unpaired) electrons. The van der Waals surface area contributed by atoms with Crippen molar-refractivity contribution in [3.63, 3.8) is 0 Å². The van der Waals surface area contributed by atoms with E-state index in [2.05, 4.69) is 4.90 Å². The van der Waals surface area contributed by atoms with Crippen LogP contribution in [0.1, 0.15) is 31.2 Å². The Balaban J connectivity index is 1.49. The highest BCUT2D eigenvalue weighted by Gasteiger charge is 2.35. The molecule has 1 aliphatic carbocycles. The van der Waals surface area contributed by atoms with Crippen molar-refractivity contribution in [3.8, 4) is 0 Å². The van der Waals surface area contributed by atoms with Gasteiger partial charge in [-0.05, 0) is 43.4 Å². The molecule has 1 amide bonds. The number of nitrogens with zero attached hydrogens (tertiary/aromatic N) is 2. The summed E-state index contributed by atoms with van der Waals surface area (Å²) in [5, 5.41) is 0. The van der Waals surface area contributed by atoms with Crippen LogP contribution in [0.2, 0.25) is 0 Å². The second-order valence-electron chi connectivity index (χ2n) is 6.36. The summed E-state index contributed by atoms with van der Waals surface area (Å²) in [6.07, 6.45) is 4.18. The van der Waals surface area contributed by atoms with Gasteiger partial charge in [0.05, 0.1) is 0 Å². The van der Waals surface area contributed by atoms with Gasteiger partial charge in [-0.25, -0.2) is 4.39 Å². The fraction of sp³-hybridized carbons (Fsp3) is 0.588. The van der Waals surface area contributed by atoms with Crippen molar-refractivity contribution < 1.29 is 9.18 Å². The molecular formula is C17H23FN2O. The zero-order chi connectivity index (χ0) is 14.8. The molecule has 0 aromatic heterocycles. The highest BCUT2D eigenvalue weighted by molar-refractivity contribution is 5.81. The highest BCUT2D eigenvalue weighted by Crippen LogP contribution is 2.32. The molecule has 0 bridgehead atoms. The summed E-state index contributed by atoms with van der Waals surface area (Å²) in [5.41, 5.74) is 1.02. The third kappa shape index (κ3) is 3.62. The molecule has 1 aromatic rings. The summed E-state index contributed by atoms with van der Waals surface area (Å²) in [7, 11) is 1.95. The first kappa shape index (κ1) is 14.5. The van der Waals surface area contributed by atoms with E-state index in [0.29, 0.717) is 17.9 Å². The first-order valence-corrected chi connectivity index (χ1v) is 7.87. The van der Waals surface area contributed by atoms with E-state index >= 15 is 0 Å². The van der Waals surface area contributed by atoms with Crippen LogP contribution in [-0.4, -0.2) is 41.9 Å². The highest BCUT2D eigenvalue weighted by atomic mass is 19.1. The van der Waals surface area contributed by atoms with Crippen molar-refractivity contribution in [2.24, 2.45) is 5.92 Å². The number of carbonyl (C=O) groups is 1. The summed E-state index contributed by atoms with van der Waals surface area (Å²) in [6.45, 7) is 2.75. The molecule has 2 aliphatic rings. The summed E-state index contributed by atoms with van der Waals surface area (Å²) < 4.78 is 13.2. The first-order valence-electron chi connectivity index (χ1n) is 7.87. The average Bonchev–Trinajstić information content (AvgIpc) is 3.31. The summed E-state index contributed by atoms with van der Waals surface area (Å²) in [5.74, 6) is 0.469. The molecule has 21 heavy (non-hydrogen) atoms. The van der Waals surface area contributed by atoms with Crippen molar-refractivity contribution in [2.75, 3.05) is 20.1 Å². The van der Waals surface area contributed by atoms with Crippen molar-refractivity contribution in [3.05, 3.63) is 35.6 Å². The third-order valence-corrected chi connectivity index (χ3v) is 4.67. The van der Waals surface area contributed by atoms with Crippen LogP contribution in [0, 0.1) is 11.7 Å². The van der Waals surface area contributed by atoms with Gasteiger partial charge in [0.1, 0.15) is 5.82 Å². The topological polar surface area (TPSA) is 23.6 Å². The molecule has 0 unspecified atom stereocenters. The molecule has 3 rings (SSSR count). The number of halogens is 1. The molecule has 1 saturated carbocycles. The molecule has 3 nitrogen and oxygen atoms in total. The fourth-order valence-corrected chi connectivity index (χ4v) is 3.16. The number of likely N-dealkylation sites (tertiary alicyclic amines) is 1. The average molecular weight is 290 g/mol. The number of hydrogen-bond donors (Lipinski definition) is 0. The molecule has 1 heterocycles. The minimum atomic E-state index is -0.169. The molecular weight excluding hydrogens is 267 g/mol. The molecule has 114 valence electrons. The van der Waals surface area contributed by atoms with Crippen LogP contribution in [0.25, 0.3) is 0 Å². The lowest BCUT2D eigenvalue weighted by molar-refractivity contribution is -0.134. The largest absolute Gasteiger partial charge is 0.342 e. The molecule has 0 spiro atoms. The fourth-order valence-electron chi connectivity index (χ4n) is 3.16. The van der Waals surface area contributed by atoms with Gasteiger partial charge in [0.15, 0.2) is 0 Å². The maximum Gasteiger partial charge on any atom is 0.225 e. The summed E-state index contributed by atoms with van der Waals surface area (Å²) in [6, 6.07) is 7.20. The first-order chi connectivity index (χ1) is 10.1. The third-order valence-electron chi connectivity index (χ3n) is 4.67. The zero-order valence-corrected chi connectivity index (χ0v) is 12.6. The second kappa shape index (κ2) is 6.14. The van der Waals surface area contributed by atoms with E-state index in [9.17, 15) is 9.18 Å². The van der Waals surface area contributed by atoms with Gasteiger partial charge in [-0.2, -0.15) is 0 Å². The van der Waals surface area contributed by atoms with E-state index in [4.69, 9.17) is 0 Å². The van der Waals surface area contributed by atoms with Crippen LogP contribution in [0.5, 0.6) is 0 Å². The Kier molecular flexibility index (Phi) is 4.24. The number of benzene rings is 1. The molecule has 1 saturated heterocycles. The quantitative estimate of drug-likeness (QED) is 0.851. The van der Waals surface area contributed by atoms with Gasteiger partial charge in [0.2, 0.25) is 5.91 Å². The Morgan fingerprint density at radius 3 is 2.62 bits per heavy atom. The monoisotopic (exact) mass is 290 g/mol. The van der Waals surface area contributed by atoms with Gasteiger partial charge in [0, 0.05) is 38.6 Å². The van der Waals surface area contributed by atoms with E-state index in [1.54, 1.807) is 12.1 Å². The van der Waals surface area contributed by atoms with E-state index in [1.807, 2.05) is 18.0 Å². The molecule has 1 aromatic carbocycles. The predicted molar refractivity (Wildman–Crippen MR) is 80.2 cm³/mol. The van der Waals surface area contributed by atoms with Crippen molar-refractivity contribution in [1.29, 1.82) is 0 Å². The standard InChI is InChI=1S/C17H23FN2O/c1-19(17(21)14-5-6-14)16-7-9-20(10-8-16)12-13-3-2-4-15(18)11-13/h2-4,11,14,16H,5-10,12H2,1H3. The SMILES string of the molecule is CN(C(=O)C1CC1)C1CCN(Cc2cccc(F)c2)CC1. The smallest absolute Gasteiger partial charge is 0.225 e. The van der Waals surface area contributed by atoms with Crippen LogP contribution < -0.4 is 0 Å². The number of rotatable bonds is 4. The lowest BCUT2D eigenvalue weighted by Crippen LogP contribution is -2.45. The number of hydrogen-bond acceptors (Lipinski definition) is 2. The van der Waals surface area contributed by atoms with Gasteiger partial charge in [-0.3, -0.25) is 9.69 Å². The maximum absolute atomic E-state index is 13.2. The Labute approximate surface area is 125 Å². The molecule has 0 N–H and O–H groups in total. The van der Waals surface area contributed by atoms with Gasteiger partial charge < -0.3 is 4.90 Å². The Morgan fingerprint density at radius 1 is 1.29 bits per heavy atom. The van der Waals surface area contributed by atoms with E-state index in [0.717, 1.165) is 50.9 Å². The van der Waals surface area contributed by atoms with E-state index < -0.39 is 0 Å². The molecule has 4 heteroatoms. The van der Waals surface area contributed by atoms with Crippen LogP contribution in [0.4, 0.5) is 4.39 Å². The van der Waals surface area contributed by atoms with Gasteiger partial charge in [-0.15, -0.1) is 0 Å². The lowest BCUT2D eigenvalue weighted by Gasteiger charge is -2.37. The van der Waals surface area contributed by atoms with Gasteiger partial charge in [0.25, 0.3) is 0 Å². The van der Waals surface area contributed by atoms with E-state index in [-0.39, 0.29) is 5.82 Å². The van der Waals surface area contributed by atoms with Gasteiger partial charge in [-0.1, -0.05) is 12.1 Å². The second-order valence-corrected chi connectivity index (χ2v) is 6.36. The summed E-state index contributed by atoms with van der Waals surface area (Å²) in [4.78, 5) is 16.4. The van der Waals surface area contributed by atoms with Crippen LogP contribution >= 0.6 is 0 Å². The minimum Gasteiger partial charge on any atom is -0.342 e. The molecule has 2 fully saturated rings. The zero-order valence-electron chi connectivity index (χ0n) is 12.6. The number of piperidine rings is 1. The molecule has 1 aliphatic heterocycles. The van der Waals surface area contributed by atoms with Crippen molar-refractivity contribution >= 4 is 5.91 Å².